The Morgan fingerprint density at radius 2 is 1.72 bits per heavy atom. The lowest BCUT2D eigenvalue weighted by molar-refractivity contribution is -0.141. The number of nitrogens with one attached hydrogen (secondary N) is 1. The summed E-state index contributed by atoms with van der Waals surface area (Å²) in [4.78, 5) is 24.3. The van der Waals surface area contributed by atoms with Crippen LogP contribution in [0.25, 0.3) is 0 Å². The summed E-state index contributed by atoms with van der Waals surface area (Å²) in [6.45, 7) is -0.285. The predicted molar refractivity (Wildman–Crippen MR) is 97.7 cm³/mol. The number of methoxy groups -OCH3 is 1. The largest absolute Gasteiger partial charge is 0.468 e. The average Bonchev–Trinajstić information content (AvgIpc) is 2.66. The molecular formula is C18H17F3N2O5S. The van der Waals surface area contributed by atoms with Gasteiger partial charge in [0.2, 0.25) is 0 Å². The molecule has 0 aliphatic rings. The average molecular weight is 430 g/mol. The lowest BCUT2D eigenvalue weighted by Gasteiger charge is -2.16. The van der Waals surface area contributed by atoms with Crippen molar-refractivity contribution in [3.05, 3.63) is 59.7 Å². The minimum atomic E-state index is -4.61. The van der Waals surface area contributed by atoms with Crippen molar-refractivity contribution in [2.45, 2.75) is 11.1 Å². The Balaban J connectivity index is 2.18. The van der Waals surface area contributed by atoms with Gasteiger partial charge in [0.05, 0.1) is 17.6 Å². The number of rotatable bonds is 6. The number of alkyl halides is 3. The number of likely N-dealkylation sites (N-methyl/N-ethyl adjacent to an activating group) is 1. The van der Waals surface area contributed by atoms with Crippen LogP contribution >= 0.6 is 0 Å². The van der Waals surface area contributed by atoms with Gasteiger partial charge in [0.1, 0.15) is 6.54 Å². The molecule has 0 spiro atoms. The van der Waals surface area contributed by atoms with Crippen LogP contribution in [0.5, 0.6) is 0 Å². The van der Waals surface area contributed by atoms with Gasteiger partial charge in [-0.05, 0) is 42.5 Å². The second kappa shape index (κ2) is 8.52. The van der Waals surface area contributed by atoms with Gasteiger partial charge in [0.15, 0.2) is 0 Å². The van der Waals surface area contributed by atoms with Crippen LogP contribution in [-0.2, 0) is 25.7 Å². The van der Waals surface area contributed by atoms with Crippen molar-refractivity contribution < 1.29 is 35.9 Å². The first-order chi connectivity index (χ1) is 13.4. The monoisotopic (exact) mass is 430 g/mol. The van der Waals surface area contributed by atoms with E-state index < -0.39 is 33.6 Å². The van der Waals surface area contributed by atoms with E-state index in [9.17, 15) is 31.2 Å². The van der Waals surface area contributed by atoms with Gasteiger partial charge in [-0.3, -0.25) is 14.3 Å². The van der Waals surface area contributed by atoms with E-state index in [0.29, 0.717) is 6.07 Å². The molecule has 11 heteroatoms. The van der Waals surface area contributed by atoms with Crippen molar-refractivity contribution in [3.63, 3.8) is 0 Å². The van der Waals surface area contributed by atoms with Gasteiger partial charge >= 0.3 is 12.1 Å². The van der Waals surface area contributed by atoms with Crippen molar-refractivity contribution >= 4 is 27.6 Å². The van der Waals surface area contributed by atoms with Crippen molar-refractivity contribution in [1.82, 2.24) is 4.90 Å². The third kappa shape index (κ3) is 5.70. The minimum absolute atomic E-state index is 0.120. The fraction of sp³-hybridized carbons (Fsp3) is 0.222. The zero-order valence-electron chi connectivity index (χ0n) is 15.4. The summed E-state index contributed by atoms with van der Waals surface area (Å²) >= 11 is 0. The lowest BCUT2D eigenvalue weighted by Crippen LogP contribution is -2.32. The number of amides is 1. The van der Waals surface area contributed by atoms with Crippen molar-refractivity contribution in [2.75, 3.05) is 25.4 Å². The number of hydrogen-bond acceptors (Lipinski definition) is 5. The molecular weight excluding hydrogens is 413 g/mol. The Labute approximate surface area is 165 Å². The normalized spacial score (nSPS) is 11.6. The first-order valence-corrected chi connectivity index (χ1v) is 9.55. The quantitative estimate of drug-likeness (QED) is 0.712. The highest BCUT2D eigenvalue weighted by molar-refractivity contribution is 7.92. The maximum atomic E-state index is 12.8. The molecule has 0 aromatic heterocycles. The van der Waals surface area contributed by atoms with Crippen molar-refractivity contribution in [1.29, 1.82) is 0 Å². The van der Waals surface area contributed by atoms with E-state index in [1.165, 1.54) is 32.4 Å². The minimum Gasteiger partial charge on any atom is -0.468 e. The molecule has 1 amide bonds. The summed E-state index contributed by atoms with van der Waals surface area (Å²) in [5.41, 5.74) is -1.13. The molecule has 29 heavy (non-hydrogen) atoms. The molecule has 2 aromatic carbocycles. The lowest BCUT2D eigenvalue weighted by atomic mass is 10.2. The maximum absolute atomic E-state index is 12.8. The number of esters is 1. The Hall–Kier alpha value is -3.08. The SMILES string of the molecule is COC(=O)CN(C)C(=O)c1ccc(S(=O)(=O)Nc2cccc(C(F)(F)F)c2)cc1. The van der Waals surface area contributed by atoms with Gasteiger partial charge < -0.3 is 9.64 Å². The second-order valence-electron chi connectivity index (χ2n) is 5.95. The van der Waals surface area contributed by atoms with E-state index in [1.54, 1.807) is 0 Å². The standard InChI is InChI=1S/C18H17F3N2O5S/c1-23(11-16(24)28-2)17(25)12-6-8-15(9-7-12)29(26,27)22-14-5-3-4-13(10-14)18(19,20)21/h3-10,22H,11H2,1-2H3. The first-order valence-electron chi connectivity index (χ1n) is 8.06. The summed E-state index contributed by atoms with van der Waals surface area (Å²) in [6, 6.07) is 8.50. The summed E-state index contributed by atoms with van der Waals surface area (Å²) < 4.78 is 69.7. The van der Waals surface area contributed by atoms with E-state index in [4.69, 9.17) is 0 Å². The van der Waals surface area contributed by atoms with Crippen LogP contribution in [0.3, 0.4) is 0 Å². The van der Waals surface area contributed by atoms with Crippen LogP contribution in [-0.4, -0.2) is 45.9 Å². The highest BCUT2D eigenvalue weighted by Crippen LogP contribution is 2.31. The molecule has 0 aliphatic carbocycles. The highest BCUT2D eigenvalue weighted by atomic mass is 32.2. The number of sulfonamides is 1. The number of anilines is 1. The fourth-order valence-corrected chi connectivity index (χ4v) is 3.35. The molecule has 0 atom stereocenters. The van der Waals surface area contributed by atoms with Crippen molar-refractivity contribution in [3.8, 4) is 0 Å². The van der Waals surface area contributed by atoms with E-state index in [-0.39, 0.29) is 22.7 Å². The number of nitrogens with zero attached hydrogens (tertiary/aromatic N) is 1. The molecule has 0 radical (unpaired) electrons. The topological polar surface area (TPSA) is 92.8 Å². The zero-order chi connectivity index (χ0) is 21.8. The van der Waals surface area contributed by atoms with E-state index >= 15 is 0 Å². The number of carbonyl (C=O) groups excluding carboxylic acids is 2. The fourth-order valence-electron chi connectivity index (χ4n) is 2.30. The molecule has 2 aromatic rings. The van der Waals surface area contributed by atoms with Gasteiger partial charge in [-0.2, -0.15) is 13.2 Å². The van der Waals surface area contributed by atoms with Crippen LogP contribution < -0.4 is 4.72 Å². The van der Waals surface area contributed by atoms with Gasteiger partial charge in [0.25, 0.3) is 15.9 Å². The van der Waals surface area contributed by atoms with Crippen LogP contribution in [0.15, 0.2) is 53.4 Å². The van der Waals surface area contributed by atoms with E-state index in [2.05, 4.69) is 9.46 Å². The van der Waals surface area contributed by atoms with Crippen LogP contribution in [0.4, 0.5) is 18.9 Å². The smallest absolute Gasteiger partial charge is 0.416 e. The van der Waals surface area contributed by atoms with Crippen molar-refractivity contribution in [2.24, 2.45) is 0 Å². The third-order valence-electron chi connectivity index (χ3n) is 3.79. The van der Waals surface area contributed by atoms with Gasteiger partial charge in [-0.1, -0.05) is 6.07 Å². The molecule has 0 bridgehead atoms. The van der Waals surface area contributed by atoms with Gasteiger partial charge in [0, 0.05) is 18.3 Å². The molecule has 0 heterocycles. The number of benzene rings is 2. The molecule has 2 rings (SSSR count). The highest BCUT2D eigenvalue weighted by Gasteiger charge is 2.30. The Morgan fingerprint density at radius 1 is 1.10 bits per heavy atom. The summed E-state index contributed by atoms with van der Waals surface area (Å²) in [7, 11) is -1.63. The summed E-state index contributed by atoms with van der Waals surface area (Å²) in [5, 5.41) is 0. The first kappa shape index (κ1) is 22.2. The molecule has 0 saturated heterocycles. The maximum Gasteiger partial charge on any atom is 0.416 e. The van der Waals surface area contributed by atoms with Crippen LogP contribution in [0, 0.1) is 0 Å². The molecule has 1 N–H and O–H groups in total. The third-order valence-corrected chi connectivity index (χ3v) is 5.19. The Bertz CT molecular complexity index is 1000. The Kier molecular flexibility index (Phi) is 6.52. The molecule has 7 nitrogen and oxygen atoms in total. The van der Waals surface area contributed by atoms with E-state index in [1.807, 2.05) is 0 Å². The molecule has 0 aliphatic heterocycles. The Morgan fingerprint density at radius 3 is 2.28 bits per heavy atom. The molecule has 0 saturated carbocycles. The van der Waals surface area contributed by atoms with Crippen LogP contribution in [0.1, 0.15) is 15.9 Å². The van der Waals surface area contributed by atoms with Gasteiger partial charge in [-0.15, -0.1) is 0 Å². The number of halogens is 3. The summed E-state index contributed by atoms with van der Waals surface area (Å²) in [5.74, 6) is -1.16. The summed E-state index contributed by atoms with van der Waals surface area (Å²) in [6.07, 6.45) is -4.61. The second-order valence-corrected chi connectivity index (χ2v) is 7.63. The van der Waals surface area contributed by atoms with E-state index in [0.717, 1.165) is 29.2 Å². The zero-order valence-corrected chi connectivity index (χ0v) is 16.2. The number of hydrogen-bond donors (Lipinski definition) is 1. The molecule has 156 valence electrons. The predicted octanol–water partition coefficient (Wildman–Crippen LogP) is 2.75. The number of ether oxygens (including phenoxy) is 1. The molecule has 0 fully saturated rings. The van der Waals surface area contributed by atoms with Crippen LogP contribution in [0.2, 0.25) is 0 Å². The van der Waals surface area contributed by atoms with Gasteiger partial charge in [-0.25, -0.2) is 8.42 Å². The number of carbonyl (C=O) groups is 2. The molecule has 0 unspecified atom stereocenters.